The van der Waals surface area contributed by atoms with Gasteiger partial charge in [-0.15, -0.1) is 0 Å². The topological polar surface area (TPSA) is 43.1 Å². The number of nitrogens with two attached hydrogens (primary N) is 1. The molecule has 0 amide bonds. The van der Waals surface area contributed by atoms with Gasteiger partial charge >= 0.3 is 0 Å². The van der Waals surface area contributed by atoms with E-state index in [2.05, 4.69) is 13.0 Å². The number of hydrogen-bond donors (Lipinski definition) is 1. The lowest BCUT2D eigenvalue weighted by atomic mass is 9.71. The van der Waals surface area contributed by atoms with Gasteiger partial charge in [0, 0.05) is 5.41 Å². The molecule has 0 unspecified atom stereocenters. The Morgan fingerprint density at radius 1 is 1.46 bits per heavy atom. The summed E-state index contributed by atoms with van der Waals surface area (Å²) in [5.74, 6) is -0.0565. The van der Waals surface area contributed by atoms with Crippen LogP contribution in [0.4, 0.5) is 0 Å². The first-order chi connectivity index (χ1) is 6.13. The van der Waals surface area contributed by atoms with Crippen LogP contribution in [-0.2, 0) is 4.79 Å². The van der Waals surface area contributed by atoms with Gasteiger partial charge in [-0.3, -0.25) is 4.79 Å². The minimum atomic E-state index is -0.0565. The first-order valence-corrected chi connectivity index (χ1v) is 4.54. The van der Waals surface area contributed by atoms with Gasteiger partial charge in [0.2, 0.25) is 5.78 Å². The number of rotatable bonds is 0. The Morgan fingerprint density at radius 3 is 3.00 bits per heavy atom. The highest BCUT2D eigenvalue weighted by Crippen LogP contribution is 2.41. The number of carbonyl (C=O) groups excluding carboxylic acids is 1. The maximum Gasteiger partial charge on any atom is 0.201 e. The number of carbonyl (C=O) groups is 1. The Labute approximate surface area is 77.8 Å². The Balaban J connectivity index is 2.55. The van der Waals surface area contributed by atoms with Gasteiger partial charge in [0.15, 0.2) is 0 Å². The molecule has 68 valence electrons. The Kier molecular flexibility index (Phi) is 1.65. The van der Waals surface area contributed by atoms with E-state index in [4.69, 9.17) is 5.73 Å². The molecule has 2 aliphatic carbocycles. The van der Waals surface area contributed by atoms with Crippen molar-refractivity contribution in [3.63, 3.8) is 0 Å². The molecule has 2 nitrogen and oxygen atoms in total. The van der Waals surface area contributed by atoms with Gasteiger partial charge in [0.05, 0.1) is 5.70 Å². The summed E-state index contributed by atoms with van der Waals surface area (Å²) in [5, 5.41) is 0. The normalized spacial score (nSPS) is 32.2. The molecule has 0 aromatic carbocycles. The van der Waals surface area contributed by atoms with E-state index in [0.717, 1.165) is 18.4 Å². The fraction of sp³-hybridized carbons (Fsp3) is 0.364. The monoisotopic (exact) mass is 175 g/mol. The lowest BCUT2D eigenvalue weighted by molar-refractivity contribution is -0.111. The summed E-state index contributed by atoms with van der Waals surface area (Å²) in [6, 6.07) is 0. The lowest BCUT2D eigenvalue weighted by Gasteiger charge is -2.33. The Hall–Kier alpha value is -1.31. The zero-order valence-corrected chi connectivity index (χ0v) is 7.71. The molecule has 0 spiro atoms. The van der Waals surface area contributed by atoms with Gasteiger partial charge < -0.3 is 5.73 Å². The van der Waals surface area contributed by atoms with Gasteiger partial charge in [-0.05, 0) is 24.5 Å². The largest absolute Gasteiger partial charge is 0.395 e. The maximum absolute atomic E-state index is 11.3. The third kappa shape index (κ3) is 1.13. The van der Waals surface area contributed by atoms with Gasteiger partial charge in [0.1, 0.15) is 0 Å². The quantitative estimate of drug-likeness (QED) is 0.609. The first kappa shape index (κ1) is 8.30. The summed E-state index contributed by atoms with van der Waals surface area (Å²) < 4.78 is 0. The second kappa shape index (κ2) is 2.59. The van der Waals surface area contributed by atoms with Crippen LogP contribution in [0.25, 0.3) is 0 Å². The van der Waals surface area contributed by atoms with E-state index in [1.165, 1.54) is 0 Å². The van der Waals surface area contributed by atoms with Crippen LogP contribution >= 0.6 is 0 Å². The van der Waals surface area contributed by atoms with Crippen molar-refractivity contribution in [2.75, 3.05) is 0 Å². The van der Waals surface area contributed by atoms with Crippen molar-refractivity contribution in [1.29, 1.82) is 0 Å². The molecule has 1 atom stereocenters. The number of fused-ring (bicyclic) bond motifs is 1. The highest BCUT2D eigenvalue weighted by atomic mass is 16.1. The minimum absolute atomic E-state index is 0.00720. The number of allylic oxidation sites excluding steroid dienone is 5. The second-order valence-electron chi connectivity index (χ2n) is 3.88. The van der Waals surface area contributed by atoms with Crippen molar-refractivity contribution >= 4 is 5.78 Å². The molecule has 2 aliphatic rings. The zero-order valence-electron chi connectivity index (χ0n) is 7.71. The molecule has 2 rings (SSSR count). The number of ketones is 1. The third-order valence-corrected chi connectivity index (χ3v) is 2.89. The van der Waals surface area contributed by atoms with Gasteiger partial charge in [-0.1, -0.05) is 25.2 Å². The van der Waals surface area contributed by atoms with Crippen molar-refractivity contribution in [1.82, 2.24) is 0 Å². The molecule has 0 fully saturated rings. The van der Waals surface area contributed by atoms with Crippen molar-refractivity contribution in [2.45, 2.75) is 19.8 Å². The van der Waals surface area contributed by atoms with Gasteiger partial charge in [-0.2, -0.15) is 0 Å². The fourth-order valence-electron chi connectivity index (χ4n) is 1.96. The standard InChI is InChI=1S/C11H13NO/c1-11-6-3-2-4-8(11)10(12)9(13)5-7-11/h2,4-5,7H,3,6,12H2,1H3/t11-/m0/s1. The highest BCUT2D eigenvalue weighted by molar-refractivity contribution is 6.05. The van der Waals surface area contributed by atoms with Gasteiger partial charge in [-0.25, -0.2) is 0 Å². The summed E-state index contributed by atoms with van der Waals surface area (Å²) in [6.07, 6.45) is 9.74. The molecular weight excluding hydrogens is 162 g/mol. The molecular formula is C11H13NO. The molecule has 0 aliphatic heterocycles. The van der Waals surface area contributed by atoms with Crippen LogP contribution in [0.3, 0.4) is 0 Å². The predicted octanol–water partition coefficient (Wildman–Crippen LogP) is 1.69. The SMILES string of the molecule is C[C@]12C=CC(=O)C(N)=C1C=CCC2. The van der Waals surface area contributed by atoms with Crippen LogP contribution in [0.2, 0.25) is 0 Å². The molecule has 0 saturated carbocycles. The van der Waals surface area contributed by atoms with Crippen LogP contribution in [0.15, 0.2) is 35.6 Å². The summed E-state index contributed by atoms with van der Waals surface area (Å²) in [7, 11) is 0. The average molecular weight is 175 g/mol. The van der Waals surface area contributed by atoms with Crippen molar-refractivity contribution in [2.24, 2.45) is 11.1 Å². The second-order valence-corrected chi connectivity index (χ2v) is 3.88. The van der Waals surface area contributed by atoms with E-state index in [0.29, 0.717) is 5.70 Å². The zero-order chi connectivity index (χ0) is 9.47. The van der Waals surface area contributed by atoms with E-state index >= 15 is 0 Å². The molecule has 2 N–H and O–H groups in total. The van der Waals surface area contributed by atoms with E-state index in [-0.39, 0.29) is 11.2 Å². The highest BCUT2D eigenvalue weighted by Gasteiger charge is 2.32. The molecule has 0 bridgehead atoms. The average Bonchev–Trinajstić information content (AvgIpc) is 2.12. The lowest BCUT2D eigenvalue weighted by Crippen LogP contribution is -2.28. The van der Waals surface area contributed by atoms with Crippen molar-refractivity contribution in [3.05, 3.63) is 35.6 Å². The van der Waals surface area contributed by atoms with Gasteiger partial charge in [0.25, 0.3) is 0 Å². The van der Waals surface area contributed by atoms with Crippen LogP contribution in [-0.4, -0.2) is 5.78 Å². The maximum atomic E-state index is 11.3. The smallest absolute Gasteiger partial charge is 0.201 e. The van der Waals surface area contributed by atoms with Crippen molar-refractivity contribution in [3.8, 4) is 0 Å². The summed E-state index contributed by atoms with van der Waals surface area (Å²) >= 11 is 0. The molecule has 2 heteroatoms. The van der Waals surface area contributed by atoms with E-state index in [1.807, 2.05) is 12.2 Å². The van der Waals surface area contributed by atoms with E-state index in [1.54, 1.807) is 6.08 Å². The third-order valence-electron chi connectivity index (χ3n) is 2.89. The molecule has 0 aromatic rings. The summed E-state index contributed by atoms with van der Waals surface area (Å²) in [5.41, 5.74) is 7.15. The molecule has 0 saturated heterocycles. The van der Waals surface area contributed by atoms with Crippen LogP contribution in [0.1, 0.15) is 19.8 Å². The summed E-state index contributed by atoms with van der Waals surface area (Å²) in [4.78, 5) is 11.3. The first-order valence-electron chi connectivity index (χ1n) is 4.54. The van der Waals surface area contributed by atoms with E-state index in [9.17, 15) is 4.79 Å². The van der Waals surface area contributed by atoms with E-state index < -0.39 is 0 Å². The summed E-state index contributed by atoms with van der Waals surface area (Å²) in [6.45, 7) is 2.13. The predicted molar refractivity (Wildman–Crippen MR) is 51.8 cm³/mol. The number of hydrogen-bond acceptors (Lipinski definition) is 2. The molecule has 0 radical (unpaired) electrons. The fourth-order valence-corrected chi connectivity index (χ4v) is 1.96. The van der Waals surface area contributed by atoms with Crippen molar-refractivity contribution < 1.29 is 4.79 Å². The van der Waals surface area contributed by atoms with Crippen LogP contribution in [0.5, 0.6) is 0 Å². The van der Waals surface area contributed by atoms with Crippen LogP contribution in [0, 0.1) is 5.41 Å². The minimum Gasteiger partial charge on any atom is -0.395 e. The molecule has 13 heavy (non-hydrogen) atoms. The van der Waals surface area contributed by atoms with Crippen LogP contribution < -0.4 is 5.73 Å². The Bertz CT molecular complexity index is 349. The Morgan fingerprint density at radius 2 is 2.23 bits per heavy atom. The molecule has 0 heterocycles. The molecule has 0 aromatic heterocycles.